The van der Waals surface area contributed by atoms with Gasteiger partial charge in [-0.1, -0.05) is 30.1 Å². The van der Waals surface area contributed by atoms with Gasteiger partial charge in [0.15, 0.2) is 0 Å². The van der Waals surface area contributed by atoms with Crippen LogP contribution in [0.1, 0.15) is 12.5 Å². The van der Waals surface area contributed by atoms with Gasteiger partial charge in [0.1, 0.15) is 0 Å². The molecule has 0 radical (unpaired) electrons. The molecule has 0 bridgehead atoms. The molecule has 0 atom stereocenters. The molecule has 0 amide bonds. The van der Waals surface area contributed by atoms with Gasteiger partial charge in [-0.05, 0) is 30.3 Å². The van der Waals surface area contributed by atoms with E-state index >= 15 is 0 Å². The summed E-state index contributed by atoms with van der Waals surface area (Å²) < 4.78 is 0. The topological polar surface area (TPSA) is 24.1 Å². The van der Waals surface area contributed by atoms with Crippen molar-refractivity contribution in [1.82, 2.24) is 10.6 Å². The van der Waals surface area contributed by atoms with Gasteiger partial charge in [-0.3, -0.25) is 0 Å². The Labute approximate surface area is 101 Å². The maximum Gasteiger partial charge on any atom is 0.0424 e. The molecule has 0 fully saturated rings. The predicted octanol–water partition coefficient (Wildman–Crippen LogP) is 2.69. The Kier molecular flexibility index (Phi) is 6.03. The minimum atomic E-state index is 0.686. The van der Waals surface area contributed by atoms with Crippen LogP contribution in [0.3, 0.4) is 0 Å². The third-order valence-electron chi connectivity index (χ3n) is 1.98. The highest BCUT2D eigenvalue weighted by Gasteiger charge is 1.97. The molecule has 0 saturated carbocycles. The molecule has 1 aromatic rings. The molecule has 0 spiro atoms. The van der Waals surface area contributed by atoms with Gasteiger partial charge < -0.3 is 10.6 Å². The Morgan fingerprint density at radius 2 is 1.60 bits per heavy atom. The summed E-state index contributed by atoms with van der Waals surface area (Å²) >= 11 is 11.8. The molecule has 0 aliphatic rings. The molecule has 84 valence electrons. The van der Waals surface area contributed by atoms with Gasteiger partial charge in [0.05, 0.1) is 0 Å². The molecule has 0 aliphatic heterocycles. The molecule has 2 nitrogen and oxygen atoms in total. The van der Waals surface area contributed by atoms with Gasteiger partial charge >= 0.3 is 0 Å². The highest BCUT2D eigenvalue weighted by atomic mass is 35.5. The van der Waals surface area contributed by atoms with E-state index in [1.54, 1.807) is 6.07 Å². The molecular formula is C11H16Cl2N2. The Balaban J connectivity index is 2.31. The average Bonchev–Trinajstić information content (AvgIpc) is 2.16. The predicted molar refractivity (Wildman–Crippen MR) is 66.7 cm³/mol. The second-order valence-electron chi connectivity index (χ2n) is 3.31. The average molecular weight is 247 g/mol. The summed E-state index contributed by atoms with van der Waals surface area (Å²) in [4.78, 5) is 0. The first-order valence-corrected chi connectivity index (χ1v) is 5.84. The number of benzene rings is 1. The van der Waals surface area contributed by atoms with E-state index in [2.05, 4.69) is 17.6 Å². The van der Waals surface area contributed by atoms with Gasteiger partial charge in [0.2, 0.25) is 0 Å². The Morgan fingerprint density at radius 1 is 1.00 bits per heavy atom. The van der Waals surface area contributed by atoms with Crippen LogP contribution in [0.25, 0.3) is 0 Å². The molecule has 0 aliphatic carbocycles. The van der Waals surface area contributed by atoms with Gasteiger partial charge in [-0.2, -0.15) is 0 Å². The van der Waals surface area contributed by atoms with Gasteiger partial charge in [-0.15, -0.1) is 0 Å². The van der Waals surface area contributed by atoms with Crippen LogP contribution in [0.4, 0.5) is 0 Å². The number of hydrogen-bond donors (Lipinski definition) is 2. The van der Waals surface area contributed by atoms with Crippen LogP contribution in [0.2, 0.25) is 10.0 Å². The summed E-state index contributed by atoms with van der Waals surface area (Å²) in [5.41, 5.74) is 1.11. The summed E-state index contributed by atoms with van der Waals surface area (Å²) in [5.74, 6) is 0. The van der Waals surface area contributed by atoms with Crippen molar-refractivity contribution in [2.75, 3.05) is 19.6 Å². The van der Waals surface area contributed by atoms with Crippen molar-refractivity contribution in [1.29, 1.82) is 0 Å². The zero-order chi connectivity index (χ0) is 11.1. The van der Waals surface area contributed by atoms with Crippen LogP contribution in [-0.2, 0) is 6.54 Å². The SMILES string of the molecule is CCNCCNCc1cc(Cl)cc(Cl)c1. The molecule has 1 rings (SSSR count). The Bertz CT molecular complexity index is 282. The fourth-order valence-electron chi connectivity index (χ4n) is 1.30. The lowest BCUT2D eigenvalue weighted by atomic mass is 10.2. The van der Waals surface area contributed by atoms with E-state index in [0.29, 0.717) is 10.0 Å². The standard InChI is InChI=1S/C11H16Cl2N2/c1-2-14-3-4-15-8-9-5-10(12)7-11(13)6-9/h5-7,14-15H,2-4,8H2,1H3. The van der Waals surface area contributed by atoms with Gasteiger partial charge in [0, 0.05) is 29.7 Å². The summed E-state index contributed by atoms with van der Waals surface area (Å²) in [6, 6.07) is 5.59. The van der Waals surface area contributed by atoms with E-state index in [0.717, 1.165) is 31.7 Å². The maximum absolute atomic E-state index is 5.89. The zero-order valence-corrected chi connectivity index (χ0v) is 10.3. The summed E-state index contributed by atoms with van der Waals surface area (Å²) in [6.45, 7) is 5.82. The lowest BCUT2D eigenvalue weighted by molar-refractivity contribution is 0.625. The molecule has 1 aromatic carbocycles. The van der Waals surface area contributed by atoms with Crippen LogP contribution in [-0.4, -0.2) is 19.6 Å². The summed E-state index contributed by atoms with van der Waals surface area (Å²) in [5, 5.41) is 7.93. The monoisotopic (exact) mass is 246 g/mol. The van der Waals surface area contributed by atoms with Crippen LogP contribution in [0.15, 0.2) is 18.2 Å². The maximum atomic E-state index is 5.89. The van der Waals surface area contributed by atoms with Crippen LogP contribution in [0.5, 0.6) is 0 Å². The van der Waals surface area contributed by atoms with E-state index < -0.39 is 0 Å². The molecule has 15 heavy (non-hydrogen) atoms. The third kappa shape index (κ3) is 5.38. The third-order valence-corrected chi connectivity index (χ3v) is 2.42. The molecule has 0 heterocycles. The van der Waals surface area contributed by atoms with Crippen LogP contribution < -0.4 is 10.6 Å². The van der Waals surface area contributed by atoms with Crippen molar-refractivity contribution in [2.45, 2.75) is 13.5 Å². The first kappa shape index (κ1) is 12.8. The largest absolute Gasteiger partial charge is 0.316 e. The van der Waals surface area contributed by atoms with Crippen molar-refractivity contribution < 1.29 is 0 Å². The second kappa shape index (κ2) is 7.07. The quantitative estimate of drug-likeness (QED) is 0.755. The minimum Gasteiger partial charge on any atom is -0.316 e. The summed E-state index contributed by atoms with van der Waals surface area (Å²) in [7, 11) is 0. The first-order chi connectivity index (χ1) is 7.22. The molecule has 2 N–H and O–H groups in total. The fourth-order valence-corrected chi connectivity index (χ4v) is 1.87. The molecule has 0 aromatic heterocycles. The van der Waals surface area contributed by atoms with E-state index in [1.807, 2.05) is 12.1 Å². The molecule has 0 saturated heterocycles. The number of likely N-dealkylation sites (N-methyl/N-ethyl adjacent to an activating group) is 1. The lowest BCUT2D eigenvalue weighted by Gasteiger charge is -2.06. The highest BCUT2D eigenvalue weighted by molar-refractivity contribution is 6.34. The van der Waals surface area contributed by atoms with E-state index in [9.17, 15) is 0 Å². The second-order valence-corrected chi connectivity index (χ2v) is 4.18. The van der Waals surface area contributed by atoms with Crippen molar-refractivity contribution >= 4 is 23.2 Å². The van der Waals surface area contributed by atoms with Gasteiger partial charge in [0.25, 0.3) is 0 Å². The zero-order valence-electron chi connectivity index (χ0n) is 8.82. The van der Waals surface area contributed by atoms with Crippen LogP contribution in [0, 0.1) is 0 Å². The molecule has 0 unspecified atom stereocenters. The van der Waals surface area contributed by atoms with Gasteiger partial charge in [-0.25, -0.2) is 0 Å². The van der Waals surface area contributed by atoms with Crippen molar-refractivity contribution in [2.24, 2.45) is 0 Å². The Morgan fingerprint density at radius 3 is 2.20 bits per heavy atom. The van der Waals surface area contributed by atoms with Crippen LogP contribution >= 0.6 is 23.2 Å². The number of halogens is 2. The first-order valence-electron chi connectivity index (χ1n) is 5.08. The van der Waals surface area contributed by atoms with Crippen molar-refractivity contribution in [3.8, 4) is 0 Å². The molecule has 4 heteroatoms. The highest BCUT2D eigenvalue weighted by Crippen LogP contribution is 2.18. The number of hydrogen-bond acceptors (Lipinski definition) is 2. The lowest BCUT2D eigenvalue weighted by Crippen LogP contribution is -2.26. The van der Waals surface area contributed by atoms with Crippen molar-refractivity contribution in [3.63, 3.8) is 0 Å². The van der Waals surface area contributed by atoms with E-state index in [1.165, 1.54) is 0 Å². The number of nitrogens with one attached hydrogen (secondary N) is 2. The number of rotatable bonds is 6. The normalized spacial score (nSPS) is 10.6. The van der Waals surface area contributed by atoms with E-state index in [-0.39, 0.29) is 0 Å². The Hall–Kier alpha value is -0.280. The van der Waals surface area contributed by atoms with Crippen molar-refractivity contribution in [3.05, 3.63) is 33.8 Å². The minimum absolute atomic E-state index is 0.686. The smallest absolute Gasteiger partial charge is 0.0424 e. The van der Waals surface area contributed by atoms with E-state index in [4.69, 9.17) is 23.2 Å². The molecular weight excluding hydrogens is 231 g/mol. The summed E-state index contributed by atoms with van der Waals surface area (Å²) in [6.07, 6.45) is 0. The fraction of sp³-hybridized carbons (Fsp3) is 0.455.